The first-order valence-electron chi connectivity index (χ1n) is 8.91. The van der Waals surface area contributed by atoms with Crippen LogP contribution in [0.3, 0.4) is 0 Å². The fourth-order valence-corrected chi connectivity index (χ4v) is 2.73. The van der Waals surface area contributed by atoms with E-state index >= 15 is 0 Å². The average Bonchev–Trinajstić information content (AvgIpc) is 3.33. The molecular formula is C18H23F3N4O2. The summed E-state index contributed by atoms with van der Waals surface area (Å²) in [7, 11) is 0. The molecule has 0 saturated carbocycles. The highest BCUT2D eigenvalue weighted by Gasteiger charge is 2.38. The van der Waals surface area contributed by atoms with Crippen LogP contribution in [0, 0.1) is 0 Å². The fraction of sp³-hybridized carbons (Fsp3) is 0.500. The Balaban J connectivity index is 0.00000126. The third-order valence-corrected chi connectivity index (χ3v) is 4.13. The van der Waals surface area contributed by atoms with Crippen LogP contribution in [0.5, 0.6) is 0 Å². The average molecular weight is 384 g/mol. The summed E-state index contributed by atoms with van der Waals surface area (Å²) < 4.78 is 41.6. The number of alkyl halides is 3. The number of rotatable bonds is 4. The SMILES string of the molecule is CC.CCN1CCC(NC(=O)c2ccc(-c3noc(C(F)(F)F)n3)cc2)C1. The summed E-state index contributed by atoms with van der Waals surface area (Å²) in [5.41, 5.74) is 0.770. The van der Waals surface area contributed by atoms with Gasteiger partial charge in [-0.3, -0.25) is 4.79 Å². The lowest BCUT2D eigenvalue weighted by Gasteiger charge is -2.14. The molecule has 1 aliphatic rings. The maximum atomic E-state index is 12.5. The summed E-state index contributed by atoms with van der Waals surface area (Å²) in [4.78, 5) is 17.8. The first-order chi connectivity index (χ1) is 12.9. The monoisotopic (exact) mass is 384 g/mol. The van der Waals surface area contributed by atoms with E-state index in [4.69, 9.17) is 0 Å². The Bertz CT molecular complexity index is 744. The van der Waals surface area contributed by atoms with Crippen molar-refractivity contribution in [1.29, 1.82) is 0 Å². The van der Waals surface area contributed by atoms with E-state index < -0.39 is 12.1 Å². The number of nitrogens with zero attached hydrogens (tertiary/aromatic N) is 3. The second-order valence-corrected chi connectivity index (χ2v) is 5.85. The van der Waals surface area contributed by atoms with Crippen molar-refractivity contribution in [1.82, 2.24) is 20.4 Å². The normalized spacial score (nSPS) is 17.3. The van der Waals surface area contributed by atoms with E-state index in [2.05, 4.69) is 31.8 Å². The predicted octanol–water partition coefficient (Wildman–Crippen LogP) is 3.61. The standard InChI is InChI=1S/C16H17F3N4O2.C2H6/c1-2-23-8-7-12(9-23)20-14(24)11-5-3-10(4-6-11)13-21-15(25-22-13)16(17,18)19;1-2/h3-6,12H,2,7-9H2,1H3,(H,20,24);1-2H3. The smallest absolute Gasteiger partial charge is 0.348 e. The van der Waals surface area contributed by atoms with Crippen LogP contribution in [0.25, 0.3) is 11.4 Å². The minimum Gasteiger partial charge on any atom is -0.348 e. The van der Waals surface area contributed by atoms with E-state index in [1.165, 1.54) is 24.3 Å². The molecule has 0 spiro atoms. The molecule has 1 aliphatic heterocycles. The molecule has 3 rings (SSSR count). The molecule has 6 nitrogen and oxygen atoms in total. The van der Waals surface area contributed by atoms with Crippen LogP contribution in [0.4, 0.5) is 13.2 Å². The molecule has 1 saturated heterocycles. The minimum atomic E-state index is -4.68. The molecule has 1 amide bonds. The maximum Gasteiger partial charge on any atom is 0.471 e. The van der Waals surface area contributed by atoms with Crippen molar-refractivity contribution in [2.75, 3.05) is 19.6 Å². The molecule has 148 valence electrons. The van der Waals surface area contributed by atoms with E-state index in [1.807, 2.05) is 13.8 Å². The van der Waals surface area contributed by atoms with Crippen molar-refractivity contribution in [3.63, 3.8) is 0 Å². The molecule has 1 fully saturated rings. The molecule has 27 heavy (non-hydrogen) atoms. The molecule has 0 bridgehead atoms. The highest BCUT2D eigenvalue weighted by molar-refractivity contribution is 5.94. The second-order valence-electron chi connectivity index (χ2n) is 5.85. The van der Waals surface area contributed by atoms with Crippen LogP contribution in [-0.2, 0) is 6.18 Å². The lowest BCUT2D eigenvalue weighted by molar-refractivity contribution is -0.159. The number of hydrogen-bond acceptors (Lipinski definition) is 5. The van der Waals surface area contributed by atoms with Gasteiger partial charge in [0.15, 0.2) is 0 Å². The molecule has 1 N–H and O–H groups in total. The summed E-state index contributed by atoms with van der Waals surface area (Å²) in [5.74, 6) is -1.78. The molecular weight excluding hydrogens is 361 g/mol. The summed E-state index contributed by atoms with van der Waals surface area (Å²) in [6.07, 6.45) is -3.78. The van der Waals surface area contributed by atoms with E-state index in [-0.39, 0.29) is 17.8 Å². The highest BCUT2D eigenvalue weighted by Crippen LogP contribution is 2.29. The van der Waals surface area contributed by atoms with Crippen LogP contribution in [0.15, 0.2) is 28.8 Å². The van der Waals surface area contributed by atoms with E-state index in [9.17, 15) is 18.0 Å². The Labute approximate surface area is 155 Å². The van der Waals surface area contributed by atoms with Crippen molar-refractivity contribution in [3.8, 4) is 11.4 Å². The van der Waals surface area contributed by atoms with Crippen LogP contribution in [0.2, 0.25) is 0 Å². The van der Waals surface area contributed by atoms with Gasteiger partial charge in [0.05, 0.1) is 0 Å². The number of halogens is 3. The summed E-state index contributed by atoms with van der Waals surface area (Å²) in [6, 6.07) is 6.15. The molecule has 1 unspecified atom stereocenters. The molecule has 9 heteroatoms. The van der Waals surface area contributed by atoms with Crippen molar-refractivity contribution >= 4 is 5.91 Å². The van der Waals surface area contributed by atoms with Crippen LogP contribution in [0.1, 0.15) is 43.4 Å². The van der Waals surface area contributed by atoms with Crippen LogP contribution >= 0.6 is 0 Å². The van der Waals surface area contributed by atoms with Gasteiger partial charge in [-0.1, -0.05) is 38.1 Å². The number of nitrogens with one attached hydrogen (secondary N) is 1. The van der Waals surface area contributed by atoms with Gasteiger partial charge in [0.1, 0.15) is 0 Å². The van der Waals surface area contributed by atoms with Crippen LogP contribution in [-0.4, -0.2) is 46.6 Å². The third kappa shape index (κ3) is 5.29. The van der Waals surface area contributed by atoms with E-state index in [1.54, 1.807) is 0 Å². The number of carbonyl (C=O) groups excluding carboxylic acids is 1. The van der Waals surface area contributed by atoms with E-state index in [0.29, 0.717) is 11.1 Å². The van der Waals surface area contributed by atoms with Gasteiger partial charge in [0.2, 0.25) is 5.82 Å². The molecule has 1 aromatic heterocycles. The van der Waals surface area contributed by atoms with Crippen molar-refractivity contribution < 1.29 is 22.5 Å². The van der Waals surface area contributed by atoms with Crippen molar-refractivity contribution in [2.24, 2.45) is 0 Å². The van der Waals surface area contributed by atoms with Gasteiger partial charge in [-0.25, -0.2) is 0 Å². The molecule has 2 heterocycles. The van der Waals surface area contributed by atoms with E-state index in [0.717, 1.165) is 26.1 Å². The molecule has 0 aliphatic carbocycles. The Morgan fingerprint density at radius 1 is 1.30 bits per heavy atom. The first-order valence-corrected chi connectivity index (χ1v) is 8.91. The zero-order chi connectivity index (χ0) is 20.0. The molecule has 0 radical (unpaired) electrons. The third-order valence-electron chi connectivity index (χ3n) is 4.13. The second kappa shape index (κ2) is 8.98. The lowest BCUT2D eigenvalue weighted by atomic mass is 10.1. The Kier molecular flexibility index (Phi) is 6.95. The number of aromatic nitrogens is 2. The van der Waals surface area contributed by atoms with Crippen molar-refractivity contribution in [2.45, 2.75) is 39.4 Å². The Morgan fingerprint density at radius 2 is 1.96 bits per heavy atom. The Morgan fingerprint density at radius 3 is 2.48 bits per heavy atom. The highest BCUT2D eigenvalue weighted by atomic mass is 19.4. The zero-order valence-electron chi connectivity index (χ0n) is 15.5. The predicted molar refractivity (Wildman–Crippen MR) is 94.1 cm³/mol. The number of likely N-dealkylation sites (tertiary alicyclic amines) is 1. The zero-order valence-corrected chi connectivity index (χ0v) is 15.5. The number of hydrogen-bond donors (Lipinski definition) is 1. The van der Waals surface area contributed by atoms with Gasteiger partial charge in [0.25, 0.3) is 5.91 Å². The fourth-order valence-electron chi connectivity index (χ4n) is 2.73. The Hall–Kier alpha value is -2.42. The van der Waals surface area contributed by atoms with Gasteiger partial charge in [-0.2, -0.15) is 18.2 Å². The number of carbonyl (C=O) groups is 1. The molecule has 1 aromatic carbocycles. The van der Waals surface area contributed by atoms with Gasteiger partial charge >= 0.3 is 12.1 Å². The first kappa shape index (κ1) is 20.9. The van der Waals surface area contributed by atoms with Gasteiger partial charge in [-0.05, 0) is 25.1 Å². The van der Waals surface area contributed by atoms with Crippen LogP contribution < -0.4 is 5.32 Å². The summed E-state index contributed by atoms with van der Waals surface area (Å²) in [6.45, 7) is 8.81. The lowest BCUT2D eigenvalue weighted by Crippen LogP contribution is -2.37. The summed E-state index contributed by atoms with van der Waals surface area (Å²) >= 11 is 0. The molecule has 2 aromatic rings. The topological polar surface area (TPSA) is 71.3 Å². The maximum absolute atomic E-state index is 12.5. The summed E-state index contributed by atoms with van der Waals surface area (Å²) in [5, 5.41) is 6.28. The van der Waals surface area contributed by atoms with Gasteiger partial charge in [-0.15, -0.1) is 0 Å². The number of likely N-dealkylation sites (N-methyl/N-ethyl adjacent to an activating group) is 1. The van der Waals surface area contributed by atoms with Crippen molar-refractivity contribution in [3.05, 3.63) is 35.7 Å². The largest absolute Gasteiger partial charge is 0.471 e. The quantitative estimate of drug-likeness (QED) is 0.872. The van der Waals surface area contributed by atoms with Gasteiger partial charge < -0.3 is 14.7 Å². The number of amides is 1. The minimum absolute atomic E-state index is 0.110. The number of benzene rings is 1. The van der Waals surface area contributed by atoms with Gasteiger partial charge in [0, 0.05) is 30.3 Å². The molecule has 1 atom stereocenters.